The number of nitrogens with two attached hydrogens (primary N) is 1. The number of hydrogen-bond donors (Lipinski definition) is 1. The lowest BCUT2D eigenvalue weighted by Gasteiger charge is -2.10. The number of fused-ring (bicyclic) bond motifs is 3. The van der Waals surface area contributed by atoms with E-state index in [1.165, 1.54) is 6.07 Å². The highest BCUT2D eigenvalue weighted by atomic mass is 35.5. The van der Waals surface area contributed by atoms with Crippen LogP contribution in [0.2, 0.25) is 5.02 Å². The lowest BCUT2D eigenvalue weighted by atomic mass is 10.0. The number of alkyl halides is 3. The molecule has 4 rings (SSSR count). The number of halogens is 4. The molecule has 0 unspecified atom stereocenters. The molecule has 0 radical (unpaired) electrons. The van der Waals surface area contributed by atoms with E-state index in [-0.39, 0.29) is 5.56 Å². The van der Waals surface area contributed by atoms with Gasteiger partial charge in [0.1, 0.15) is 0 Å². The number of hydrogen-bond acceptors (Lipinski definition) is 1. The number of aromatic nitrogens is 1. The molecule has 3 aromatic carbocycles. The molecule has 0 aliphatic heterocycles. The van der Waals surface area contributed by atoms with E-state index in [0.717, 1.165) is 17.7 Å². The summed E-state index contributed by atoms with van der Waals surface area (Å²) < 4.78 is 41.6. The van der Waals surface area contributed by atoms with Gasteiger partial charge in [-0.15, -0.1) is 0 Å². The summed E-state index contributed by atoms with van der Waals surface area (Å²) >= 11 is 5.93. The average molecular weight is 403 g/mol. The second-order valence-electron chi connectivity index (χ2n) is 6.51. The number of nitrogens with zero attached hydrogens (tertiary/aromatic N) is 1. The first-order valence-electron chi connectivity index (χ1n) is 8.42. The number of amides is 1. The summed E-state index contributed by atoms with van der Waals surface area (Å²) in [6.45, 7) is 0.320. The van der Waals surface area contributed by atoms with Crippen LogP contribution in [-0.4, -0.2) is 10.5 Å². The highest BCUT2D eigenvalue weighted by molar-refractivity contribution is 6.30. The molecule has 3 nitrogen and oxygen atoms in total. The number of benzene rings is 3. The topological polar surface area (TPSA) is 48.0 Å². The lowest BCUT2D eigenvalue weighted by Crippen LogP contribution is -2.11. The first kappa shape index (κ1) is 18.4. The third kappa shape index (κ3) is 3.10. The SMILES string of the molecule is NC(=O)c1cccc2c1c1ccc(C(F)(F)F)cc1n2Cc1ccc(Cl)cc1. The first-order valence-corrected chi connectivity index (χ1v) is 8.80. The fourth-order valence-corrected chi connectivity index (χ4v) is 3.59. The summed E-state index contributed by atoms with van der Waals surface area (Å²) in [5.74, 6) is -0.629. The van der Waals surface area contributed by atoms with E-state index in [4.69, 9.17) is 17.3 Å². The Hall–Kier alpha value is -2.99. The summed E-state index contributed by atoms with van der Waals surface area (Å²) in [6, 6.07) is 15.6. The zero-order valence-electron chi connectivity index (χ0n) is 14.4. The number of carbonyl (C=O) groups is 1. The molecule has 0 spiro atoms. The van der Waals surface area contributed by atoms with Gasteiger partial charge < -0.3 is 10.3 Å². The third-order valence-electron chi connectivity index (χ3n) is 4.74. The lowest BCUT2D eigenvalue weighted by molar-refractivity contribution is -0.137. The van der Waals surface area contributed by atoms with E-state index in [1.807, 2.05) is 12.1 Å². The highest BCUT2D eigenvalue weighted by Crippen LogP contribution is 2.37. The molecule has 1 aromatic heterocycles. The smallest absolute Gasteiger partial charge is 0.366 e. The monoisotopic (exact) mass is 402 g/mol. The zero-order chi connectivity index (χ0) is 20.1. The molecule has 0 aliphatic rings. The van der Waals surface area contributed by atoms with Crippen LogP contribution >= 0.6 is 11.6 Å². The summed E-state index contributed by atoms with van der Waals surface area (Å²) in [7, 11) is 0. The zero-order valence-corrected chi connectivity index (χ0v) is 15.2. The molecule has 0 atom stereocenters. The minimum atomic E-state index is -4.47. The molecule has 4 aromatic rings. The summed E-state index contributed by atoms with van der Waals surface area (Å²) in [6.07, 6.45) is -4.47. The van der Waals surface area contributed by atoms with Gasteiger partial charge >= 0.3 is 6.18 Å². The van der Waals surface area contributed by atoms with Gasteiger partial charge in [0, 0.05) is 27.9 Å². The van der Waals surface area contributed by atoms with Crippen LogP contribution in [0, 0.1) is 0 Å². The molecular weight excluding hydrogens is 389 g/mol. The average Bonchev–Trinajstić information content (AvgIpc) is 2.96. The molecule has 2 N–H and O–H groups in total. The summed E-state index contributed by atoms with van der Waals surface area (Å²) in [4.78, 5) is 11.9. The first-order chi connectivity index (χ1) is 13.3. The Labute approximate surface area is 163 Å². The maximum absolute atomic E-state index is 13.3. The molecule has 0 saturated heterocycles. The molecule has 0 aliphatic carbocycles. The quantitative estimate of drug-likeness (QED) is 0.475. The van der Waals surface area contributed by atoms with Crippen LogP contribution in [0.15, 0.2) is 60.7 Å². The van der Waals surface area contributed by atoms with E-state index in [1.54, 1.807) is 34.9 Å². The van der Waals surface area contributed by atoms with E-state index < -0.39 is 17.6 Å². The van der Waals surface area contributed by atoms with Gasteiger partial charge in [-0.3, -0.25) is 4.79 Å². The van der Waals surface area contributed by atoms with Gasteiger partial charge in [0.05, 0.1) is 16.6 Å². The van der Waals surface area contributed by atoms with Crippen molar-refractivity contribution < 1.29 is 18.0 Å². The normalized spacial score (nSPS) is 12.0. The van der Waals surface area contributed by atoms with Gasteiger partial charge in [0.2, 0.25) is 5.91 Å². The van der Waals surface area contributed by atoms with E-state index in [0.29, 0.717) is 33.4 Å². The van der Waals surface area contributed by atoms with E-state index in [9.17, 15) is 18.0 Å². The van der Waals surface area contributed by atoms with Crippen molar-refractivity contribution >= 4 is 39.3 Å². The molecule has 0 bridgehead atoms. The second-order valence-corrected chi connectivity index (χ2v) is 6.94. The Bertz CT molecular complexity index is 1210. The Balaban J connectivity index is 2.04. The van der Waals surface area contributed by atoms with Crippen molar-refractivity contribution in [1.29, 1.82) is 0 Å². The molecule has 7 heteroatoms. The van der Waals surface area contributed by atoms with Crippen molar-refractivity contribution in [3.05, 3.63) is 82.4 Å². The Morgan fingerprint density at radius 3 is 2.36 bits per heavy atom. The Morgan fingerprint density at radius 2 is 1.71 bits per heavy atom. The van der Waals surface area contributed by atoms with Gasteiger partial charge in [0.15, 0.2) is 0 Å². The predicted octanol–water partition coefficient (Wildman–Crippen LogP) is 5.61. The van der Waals surface area contributed by atoms with Crippen molar-refractivity contribution in [3.8, 4) is 0 Å². The predicted molar refractivity (Wildman–Crippen MR) is 104 cm³/mol. The summed E-state index contributed by atoms with van der Waals surface area (Å²) in [5, 5.41) is 1.67. The van der Waals surface area contributed by atoms with Gasteiger partial charge in [-0.2, -0.15) is 13.2 Å². The maximum atomic E-state index is 13.3. The molecule has 28 heavy (non-hydrogen) atoms. The highest BCUT2D eigenvalue weighted by Gasteiger charge is 2.31. The van der Waals surface area contributed by atoms with Gasteiger partial charge in [-0.25, -0.2) is 0 Å². The van der Waals surface area contributed by atoms with Crippen LogP contribution in [0.3, 0.4) is 0 Å². The Morgan fingerprint density at radius 1 is 1.00 bits per heavy atom. The van der Waals surface area contributed by atoms with Crippen LogP contribution in [0.5, 0.6) is 0 Å². The van der Waals surface area contributed by atoms with E-state index >= 15 is 0 Å². The summed E-state index contributed by atoms with van der Waals surface area (Å²) in [5.41, 5.74) is 6.92. The van der Waals surface area contributed by atoms with Crippen molar-refractivity contribution in [1.82, 2.24) is 4.57 Å². The number of rotatable bonds is 3. The van der Waals surface area contributed by atoms with Crippen molar-refractivity contribution in [2.24, 2.45) is 5.73 Å². The van der Waals surface area contributed by atoms with Crippen molar-refractivity contribution in [2.45, 2.75) is 12.7 Å². The van der Waals surface area contributed by atoms with Crippen molar-refractivity contribution in [2.75, 3.05) is 0 Å². The maximum Gasteiger partial charge on any atom is 0.416 e. The number of carbonyl (C=O) groups excluding carboxylic acids is 1. The minimum Gasteiger partial charge on any atom is -0.366 e. The van der Waals surface area contributed by atoms with E-state index in [2.05, 4.69) is 0 Å². The Kier molecular flexibility index (Phi) is 4.31. The van der Waals surface area contributed by atoms with Crippen LogP contribution < -0.4 is 5.73 Å². The number of primary amides is 1. The third-order valence-corrected chi connectivity index (χ3v) is 4.99. The molecule has 0 fully saturated rings. The van der Waals surface area contributed by atoms with Crippen LogP contribution in [0.25, 0.3) is 21.8 Å². The van der Waals surface area contributed by atoms with Gasteiger partial charge in [0.25, 0.3) is 0 Å². The largest absolute Gasteiger partial charge is 0.416 e. The van der Waals surface area contributed by atoms with Crippen molar-refractivity contribution in [3.63, 3.8) is 0 Å². The molecule has 142 valence electrons. The van der Waals surface area contributed by atoms with Gasteiger partial charge in [-0.1, -0.05) is 35.9 Å². The fraction of sp³-hybridized carbons (Fsp3) is 0.0952. The standard InChI is InChI=1S/C21H14ClF3N2O/c22-14-7-4-12(5-8-14)11-27-17-3-1-2-16(20(26)28)19(17)15-9-6-13(10-18(15)27)21(23,24)25/h1-10H,11H2,(H2,26,28). The molecule has 1 heterocycles. The van der Waals surface area contributed by atoms with Crippen LogP contribution in [-0.2, 0) is 12.7 Å². The molecular formula is C21H14ClF3N2O. The van der Waals surface area contributed by atoms with Gasteiger partial charge in [-0.05, 0) is 42.0 Å². The minimum absolute atomic E-state index is 0.275. The fourth-order valence-electron chi connectivity index (χ4n) is 3.47. The molecule has 1 amide bonds. The van der Waals surface area contributed by atoms with Crippen LogP contribution in [0.1, 0.15) is 21.5 Å². The second kappa shape index (κ2) is 6.56. The molecule has 0 saturated carbocycles. The van der Waals surface area contributed by atoms with Crippen LogP contribution in [0.4, 0.5) is 13.2 Å².